The number of piperidine rings is 1. The number of fused-ring (bicyclic) bond motifs is 2. The number of amides is 1. The van der Waals surface area contributed by atoms with Crippen LogP contribution in [0.1, 0.15) is 63.4 Å². The molecule has 1 aliphatic heterocycles. The lowest BCUT2D eigenvalue weighted by atomic mass is 9.65. The van der Waals surface area contributed by atoms with Crippen LogP contribution in [0.25, 0.3) is 10.9 Å². The number of nitrogens with zero attached hydrogens (tertiary/aromatic N) is 1. The number of nitrogens with one attached hydrogen (secondary N) is 1. The van der Waals surface area contributed by atoms with Crippen molar-refractivity contribution < 1.29 is 14.7 Å². The summed E-state index contributed by atoms with van der Waals surface area (Å²) in [6.45, 7) is 2.71. The first kappa shape index (κ1) is 19.3. The van der Waals surface area contributed by atoms with Gasteiger partial charge in [0, 0.05) is 36.1 Å². The molecule has 2 heterocycles. The van der Waals surface area contributed by atoms with Crippen LogP contribution in [0.15, 0.2) is 24.4 Å². The van der Waals surface area contributed by atoms with Gasteiger partial charge in [0.1, 0.15) is 0 Å². The highest BCUT2D eigenvalue weighted by atomic mass is 35.5. The van der Waals surface area contributed by atoms with Gasteiger partial charge in [-0.25, -0.2) is 0 Å². The molecular formula is C22H27ClN2O3. The SMILES string of the molecule is CC(CC(=O)N1CCCC2(C(=O)O)CCCCC12)c1c[nH]c2cccc(Cl)c12. The summed E-state index contributed by atoms with van der Waals surface area (Å²) in [5.41, 5.74) is 1.26. The van der Waals surface area contributed by atoms with Crippen LogP contribution in [0.3, 0.4) is 0 Å². The van der Waals surface area contributed by atoms with Crippen molar-refractivity contribution in [3.63, 3.8) is 0 Å². The number of aliphatic carboxylic acids is 1. The number of rotatable bonds is 4. The Balaban J connectivity index is 1.56. The zero-order valence-corrected chi connectivity index (χ0v) is 17.0. The monoisotopic (exact) mass is 402 g/mol. The predicted octanol–water partition coefficient (Wildman–Crippen LogP) is 4.95. The third-order valence-corrected chi connectivity index (χ3v) is 7.14. The number of carbonyl (C=O) groups is 2. The molecule has 1 aromatic heterocycles. The van der Waals surface area contributed by atoms with E-state index in [1.54, 1.807) is 0 Å². The van der Waals surface area contributed by atoms with Gasteiger partial charge in [0.15, 0.2) is 0 Å². The van der Waals surface area contributed by atoms with Crippen molar-refractivity contribution in [2.75, 3.05) is 6.54 Å². The highest BCUT2D eigenvalue weighted by molar-refractivity contribution is 6.35. The van der Waals surface area contributed by atoms with Crippen molar-refractivity contribution in [3.05, 3.63) is 35.0 Å². The zero-order valence-electron chi connectivity index (χ0n) is 16.2. The molecule has 1 saturated heterocycles. The number of aromatic nitrogens is 1. The number of carbonyl (C=O) groups excluding carboxylic acids is 1. The molecule has 2 aromatic rings. The first-order valence-corrected chi connectivity index (χ1v) is 10.6. The van der Waals surface area contributed by atoms with Gasteiger partial charge in [-0.3, -0.25) is 9.59 Å². The average Bonchev–Trinajstić information content (AvgIpc) is 3.13. The number of aromatic amines is 1. The van der Waals surface area contributed by atoms with Crippen molar-refractivity contribution in [1.82, 2.24) is 9.88 Å². The highest BCUT2D eigenvalue weighted by Gasteiger charge is 2.52. The average molecular weight is 403 g/mol. The van der Waals surface area contributed by atoms with Crippen molar-refractivity contribution >= 4 is 34.4 Å². The predicted molar refractivity (Wildman–Crippen MR) is 110 cm³/mol. The third kappa shape index (κ3) is 3.10. The number of H-pyrrole nitrogens is 1. The molecule has 2 aliphatic rings. The Morgan fingerprint density at radius 3 is 2.89 bits per heavy atom. The van der Waals surface area contributed by atoms with Gasteiger partial charge in [-0.1, -0.05) is 37.4 Å². The van der Waals surface area contributed by atoms with Crippen molar-refractivity contribution in [2.24, 2.45) is 5.41 Å². The van der Waals surface area contributed by atoms with Gasteiger partial charge >= 0.3 is 5.97 Å². The molecule has 2 N–H and O–H groups in total. The van der Waals surface area contributed by atoms with E-state index >= 15 is 0 Å². The van der Waals surface area contributed by atoms with E-state index in [0.29, 0.717) is 30.8 Å². The van der Waals surface area contributed by atoms with Gasteiger partial charge in [0.2, 0.25) is 5.91 Å². The lowest BCUT2D eigenvalue weighted by Crippen LogP contribution is -2.59. The second-order valence-electron chi connectivity index (χ2n) is 8.43. The summed E-state index contributed by atoms with van der Waals surface area (Å²) in [4.78, 5) is 30.5. The summed E-state index contributed by atoms with van der Waals surface area (Å²) < 4.78 is 0. The smallest absolute Gasteiger partial charge is 0.311 e. The van der Waals surface area contributed by atoms with E-state index in [4.69, 9.17) is 11.6 Å². The van der Waals surface area contributed by atoms with E-state index in [-0.39, 0.29) is 17.9 Å². The third-order valence-electron chi connectivity index (χ3n) is 6.83. The van der Waals surface area contributed by atoms with E-state index in [9.17, 15) is 14.7 Å². The summed E-state index contributed by atoms with van der Waals surface area (Å²) in [6, 6.07) is 5.58. The number of benzene rings is 1. The Kier molecular flexibility index (Phi) is 5.13. The summed E-state index contributed by atoms with van der Waals surface area (Å²) in [5, 5.41) is 11.6. The maximum atomic E-state index is 13.2. The van der Waals surface area contributed by atoms with Crippen LogP contribution in [0.5, 0.6) is 0 Å². The molecule has 150 valence electrons. The molecular weight excluding hydrogens is 376 g/mol. The number of likely N-dealkylation sites (tertiary alicyclic amines) is 1. The number of hydrogen-bond acceptors (Lipinski definition) is 2. The van der Waals surface area contributed by atoms with E-state index in [1.165, 1.54) is 0 Å². The van der Waals surface area contributed by atoms with Crippen LogP contribution in [0.2, 0.25) is 5.02 Å². The van der Waals surface area contributed by atoms with Gasteiger partial charge in [0.05, 0.1) is 10.4 Å². The molecule has 1 amide bonds. The maximum Gasteiger partial charge on any atom is 0.311 e. The molecule has 0 radical (unpaired) electrons. The van der Waals surface area contributed by atoms with E-state index in [1.807, 2.05) is 36.2 Å². The fraction of sp³-hybridized carbons (Fsp3) is 0.545. The molecule has 3 unspecified atom stereocenters. The van der Waals surface area contributed by atoms with E-state index in [0.717, 1.165) is 42.1 Å². The van der Waals surface area contributed by atoms with E-state index < -0.39 is 11.4 Å². The fourth-order valence-corrected chi connectivity index (χ4v) is 5.67. The summed E-state index contributed by atoms with van der Waals surface area (Å²) in [5.74, 6) is -0.664. The second-order valence-corrected chi connectivity index (χ2v) is 8.83. The van der Waals surface area contributed by atoms with Crippen molar-refractivity contribution in [2.45, 2.75) is 63.8 Å². The molecule has 3 atom stereocenters. The summed E-state index contributed by atoms with van der Waals surface area (Å²) in [6.07, 6.45) is 7.17. The molecule has 1 aliphatic carbocycles. The molecule has 4 rings (SSSR count). The van der Waals surface area contributed by atoms with Gasteiger partial charge in [-0.2, -0.15) is 0 Å². The van der Waals surface area contributed by atoms with Crippen LogP contribution < -0.4 is 0 Å². The molecule has 0 spiro atoms. The van der Waals surface area contributed by atoms with Gasteiger partial charge in [0.25, 0.3) is 0 Å². The van der Waals surface area contributed by atoms with Crippen molar-refractivity contribution in [1.29, 1.82) is 0 Å². The molecule has 1 saturated carbocycles. The van der Waals surface area contributed by atoms with Crippen LogP contribution in [-0.2, 0) is 9.59 Å². The molecule has 0 bridgehead atoms. The largest absolute Gasteiger partial charge is 0.481 e. The number of carboxylic acids is 1. The summed E-state index contributed by atoms with van der Waals surface area (Å²) >= 11 is 6.40. The van der Waals surface area contributed by atoms with Crippen molar-refractivity contribution in [3.8, 4) is 0 Å². The standard InChI is InChI=1S/C22H27ClN2O3/c1-14(15-13-24-17-7-4-6-16(23)20(15)17)12-19(26)25-11-5-10-22(21(27)28)9-3-2-8-18(22)25/h4,6-7,13-14,18,24H,2-3,5,8-12H2,1H3,(H,27,28). The number of hydrogen-bond donors (Lipinski definition) is 2. The Morgan fingerprint density at radius 2 is 2.11 bits per heavy atom. The van der Waals surface area contributed by atoms with Gasteiger partial charge in [-0.05, 0) is 49.3 Å². The minimum Gasteiger partial charge on any atom is -0.481 e. The Labute approximate surface area is 170 Å². The molecule has 6 heteroatoms. The van der Waals surface area contributed by atoms with Crippen LogP contribution in [0.4, 0.5) is 0 Å². The minimum absolute atomic E-state index is 0.00546. The molecule has 2 fully saturated rings. The highest BCUT2D eigenvalue weighted by Crippen LogP contribution is 2.46. The number of carboxylic acid groups (broad SMARTS) is 1. The number of halogens is 1. The Hall–Kier alpha value is -2.01. The zero-order chi connectivity index (χ0) is 19.9. The lowest BCUT2D eigenvalue weighted by molar-refractivity contribution is -0.164. The minimum atomic E-state index is -0.751. The quantitative estimate of drug-likeness (QED) is 0.759. The molecule has 5 nitrogen and oxygen atoms in total. The van der Waals surface area contributed by atoms with Gasteiger partial charge in [-0.15, -0.1) is 0 Å². The Bertz CT molecular complexity index is 904. The van der Waals surface area contributed by atoms with Crippen LogP contribution in [-0.4, -0.2) is 39.5 Å². The maximum absolute atomic E-state index is 13.2. The summed E-state index contributed by atoms with van der Waals surface area (Å²) in [7, 11) is 0. The fourth-order valence-electron chi connectivity index (χ4n) is 5.39. The van der Waals surface area contributed by atoms with Gasteiger partial charge < -0.3 is 15.0 Å². The molecule has 1 aromatic carbocycles. The first-order chi connectivity index (χ1) is 13.4. The lowest BCUT2D eigenvalue weighted by Gasteiger charge is -2.50. The van der Waals surface area contributed by atoms with E-state index in [2.05, 4.69) is 4.98 Å². The van der Waals surface area contributed by atoms with Crippen LogP contribution >= 0.6 is 11.6 Å². The van der Waals surface area contributed by atoms with Crippen LogP contribution in [0, 0.1) is 5.41 Å². The second kappa shape index (κ2) is 7.43. The Morgan fingerprint density at radius 1 is 1.32 bits per heavy atom. The first-order valence-electron chi connectivity index (χ1n) is 10.2. The molecule has 28 heavy (non-hydrogen) atoms. The topological polar surface area (TPSA) is 73.4 Å². The normalized spacial score (nSPS) is 26.1.